The fraction of sp³-hybridized carbons (Fsp3) is 0.222. The maximum absolute atomic E-state index is 13.6. The Morgan fingerprint density at radius 2 is 2.27 bits per heavy atom. The SMILES string of the molecule is COc1ccc(Cl)c(C(N)C(=O)O)c1F. The summed E-state index contributed by atoms with van der Waals surface area (Å²) in [6.07, 6.45) is 0. The zero-order valence-corrected chi connectivity index (χ0v) is 8.58. The molecule has 0 aromatic heterocycles. The minimum absolute atomic E-state index is 0.0387. The quantitative estimate of drug-likeness (QED) is 0.831. The molecule has 6 heteroatoms. The highest BCUT2D eigenvalue weighted by Gasteiger charge is 2.24. The van der Waals surface area contributed by atoms with Crippen molar-refractivity contribution in [1.82, 2.24) is 0 Å². The molecule has 0 fully saturated rings. The molecule has 0 aliphatic heterocycles. The molecule has 0 radical (unpaired) electrons. The van der Waals surface area contributed by atoms with Crippen LogP contribution in [0.1, 0.15) is 11.6 Å². The number of halogens is 2. The highest BCUT2D eigenvalue weighted by Crippen LogP contribution is 2.30. The van der Waals surface area contributed by atoms with Crippen molar-refractivity contribution in [1.29, 1.82) is 0 Å². The monoisotopic (exact) mass is 233 g/mol. The van der Waals surface area contributed by atoms with Crippen LogP contribution in [0.3, 0.4) is 0 Å². The molecule has 1 rings (SSSR count). The van der Waals surface area contributed by atoms with Crippen LogP contribution in [0.4, 0.5) is 4.39 Å². The molecule has 0 saturated heterocycles. The lowest BCUT2D eigenvalue weighted by molar-refractivity contribution is -0.138. The third kappa shape index (κ3) is 2.19. The number of benzene rings is 1. The standard InChI is InChI=1S/C9H9ClFNO3/c1-15-5-3-2-4(10)6(7(5)11)8(12)9(13)14/h2-3,8H,12H2,1H3,(H,13,14). The molecule has 82 valence electrons. The van der Waals surface area contributed by atoms with Gasteiger partial charge in [0.1, 0.15) is 6.04 Å². The van der Waals surface area contributed by atoms with Crippen molar-refractivity contribution in [3.05, 3.63) is 28.5 Å². The topological polar surface area (TPSA) is 72.5 Å². The van der Waals surface area contributed by atoms with Crippen LogP contribution < -0.4 is 10.5 Å². The van der Waals surface area contributed by atoms with Gasteiger partial charge in [0.25, 0.3) is 0 Å². The molecule has 4 nitrogen and oxygen atoms in total. The fourth-order valence-corrected chi connectivity index (χ4v) is 1.38. The van der Waals surface area contributed by atoms with Gasteiger partial charge >= 0.3 is 5.97 Å². The number of ether oxygens (including phenoxy) is 1. The van der Waals surface area contributed by atoms with Crippen molar-refractivity contribution in [3.63, 3.8) is 0 Å². The number of rotatable bonds is 3. The molecule has 1 aromatic rings. The van der Waals surface area contributed by atoms with E-state index in [0.29, 0.717) is 0 Å². The molecule has 3 N–H and O–H groups in total. The molecule has 0 saturated carbocycles. The smallest absolute Gasteiger partial charge is 0.325 e. The van der Waals surface area contributed by atoms with Gasteiger partial charge in [0.15, 0.2) is 11.6 Å². The van der Waals surface area contributed by atoms with E-state index in [1.54, 1.807) is 0 Å². The summed E-state index contributed by atoms with van der Waals surface area (Å²) >= 11 is 5.66. The maximum Gasteiger partial charge on any atom is 0.325 e. The van der Waals surface area contributed by atoms with Crippen LogP contribution in [0.15, 0.2) is 12.1 Å². The number of nitrogens with two attached hydrogens (primary N) is 1. The van der Waals surface area contributed by atoms with Gasteiger partial charge in [0.2, 0.25) is 0 Å². The Bertz CT molecular complexity index is 397. The Labute approximate surface area is 90.4 Å². The van der Waals surface area contributed by atoms with E-state index >= 15 is 0 Å². The lowest BCUT2D eigenvalue weighted by Crippen LogP contribution is -2.22. The molecular formula is C9H9ClFNO3. The largest absolute Gasteiger partial charge is 0.494 e. The van der Waals surface area contributed by atoms with Crippen molar-refractivity contribution >= 4 is 17.6 Å². The molecule has 1 aromatic carbocycles. The van der Waals surface area contributed by atoms with E-state index in [9.17, 15) is 9.18 Å². The van der Waals surface area contributed by atoms with E-state index < -0.39 is 17.8 Å². The first-order valence-corrected chi connectivity index (χ1v) is 4.37. The highest BCUT2D eigenvalue weighted by molar-refractivity contribution is 6.31. The van der Waals surface area contributed by atoms with Gasteiger partial charge in [-0.2, -0.15) is 0 Å². The lowest BCUT2D eigenvalue weighted by atomic mass is 10.1. The molecule has 0 aliphatic rings. The normalized spacial score (nSPS) is 12.3. The van der Waals surface area contributed by atoms with Crippen LogP contribution >= 0.6 is 11.6 Å². The minimum Gasteiger partial charge on any atom is -0.494 e. The van der Waals surface area contributed by atoms with Gasteiger partial charge in [-0.3, -0.25) is 4.79 Å². The van der Waals surface area contributed by atoms with Crippen molar-refractivity contribution < 1.29 is 19.0 Å². The van der Waals surface area contributed by atoms with E-state index in [-0.39, 0.29) is 16.3 Å². The van der Waals surface area contributed by atoms with E-state index in [4.69, 9.17) is 22.4 Å². The van der Waals surface area contributed by atoms with Gasteiger partial charge in [-0.15, -0.1) is 0 Å². The van der Waals surface area contributed by atoms with Gasteiger partial charge in [-0.25, -0.2) is 4.39 Å². The van der Waals surface area contributed by atoms with Crippen LogP contribution in [-0.4, -0.2) is 18.2 Å². The lowest BCUT2D eigenvalue weighted by Gasteiger charge is -2.12. The van der Waals surface area contributed by atoms with Crippen LogP contribution in [0, 0.1) is 5.82 Å². The first-order valence-electron chi connectivity index (χ1n) is 3.99. The predicted molar refractivity (Wildman–Crippen MR) is 52.5 cm³/mol. The summed E-state index contributed by atoms with van der Waals surface area (Å²) in [7, 11) is 1.27. The Hall–Kier alpha value is -1.33. The average molecular weight is 234 g/mol. The Morgan fingerprint density at radius 3 is 2.73 bits per heavy atom. The molecule has 0 amide bonds. The number of methoxy groups -OCH3 is 1. The van der Waals surface area contributed by atoms with Crippen LogP contribution in [0.2, 0.25) is 5.02 Å². The third-order valence-corrected chi connectivity index (χ3v) is 2.22. The first-order chi connectivity index (χ1) is 6.99. The molecule has 1 atom stereocenters. The first kappa shape index (κ1) is 11.7. The Balaban J connectivity index is 3.32. The van der Waals surface area contributed by atoms with Crippen LogP contribution in [-0.2, 0) is 4.79 Å². The minimum atomic E-state index is -1.51. The van der Waals surface area contributed by atoms with Gasteiger partial charge in [-0.05, 0) is 12.1 Å². The molecular weight excluding hydrogens is 225 g/mol. The Kier molecular flexibility index (Phi) is 3.49. The zero-order valence-electron chi connectivity index (χ0n) is 7.83. The number of hydrogen-bond acceptors (Lipinski definition) is 3. The molecule has 1 unspecified atom stereocenters. The summed E-state index contributed by atoms with van der Waals surface area (Å²) in [6, 6.07) is 1.13. The number of carboxylic acids is 1. The van der Waals surface area contributed by atoms with E-state index in [2.05, 4.69) is 4.74 Å². The van der Waals surface area contributed by atoms with Crippen LogP contribution in [0.5, 0.6) is 5.75 Å². The summed E-state index contributed by atoms with van der Waals surface area (Å²) in [5.41, 5.74) is 5.01. The highest BCUT2D eigenvalue weighted by atomic mass is 35.5. The second-order valence-corrected chi connectivity index (χ2v) is 3.20. The molecule has 0 spiro atoms. The second kappa shape index (κ2) is 4.46. The number of carbonyl (C=O) groups is 1. The predicted octanol–water partition coefficient (Wildman–Crippen LogP) is 1.57. The number of aliphatic carboxylic acids is 1. The fourth-order valence-electron chi connectivity index (χ4n) is 1.12. The van der Waals surface area contributed by atoms with Crippen molar-refractivity contribution in [2.75, 3.05) is 7.11 Å². The summed E-state index contributed by atoms with van der Waals surface area (Å²) in [4.78, 5) is 10.6. The zero-order chi connectivity index (χ0) is 11.6. The third-order valence-electron chi connectivity index (χ3n) is 1.89. The summed E-state index contributed by atoms with van der Waals surface area (Å²) < 4.78 is 18.3. The van der Waals surface area contributed by atoms with E-state index in [1.807, 2.05) is 0 Å². The Morgan fingerprint density at radius 1 is 1.67 bits per heavy atom. The van der Waals surface area contributed by atoms with Crippen molar-refractivity contribution in [2.45, 2.75) is 6.04 Å². The summed E-state index contributed by atoms with van der Waals surface area (Å²) in [5.74, 6) is -2.30. The molecule has 0 aliphatic carbocycles. The van der Waals surface area contributed by atoms with Crippen molar-refractivity contribution in [3.8, 4) is 5.75 Å². The second-order valence-electron chi connectivity index (χ2n) is 2.79. The van der Waals surface area contributed by atoms with Gasteiger partial charge in [-0.1, -0.05) is 11.6 Å². The number of hydrogen-bond donors (Lipinski definition) is 2. The molecule has 0 bridgehead atoms. The summed E-state index contributed by atoms with van der Waals surface area (Å²) in [5, 5.41) is 8.62. The van der Waals surface area contributed by atoms with E-state index in [1.165, 1.54) is 19.2 Å². The van der Waals surface area contributed by atoms with Gasteiger partial charge in [0, 0.05) is 10.6 Å². The van der Waals surface area contributed by atoms with Gasteiger partial charge in [0.05, 0.1) is 7.11 Å². The maximum atomic E-state index is 13.6. The van der Waals surface area contributed by atoms with Gasteiger partial charge < -0.3 is 15.6 Å². The van der Waals surface area contributed by atoms with E-state index in [0.717, 1.165) is 0 Å². The number of carboxylic acid groups (broad SMARTS) is 1. The molecule has 0 heterocycles. The summed E-state index contributed by atoms with van der Waals surface area (Å²) in [6.45, 7) is 0. The van der Waals surface area contributed by atoms with Crippen LogP contribution in [0.25, 0.3) is 0 Å². The molecule has 15 heavy (non-hydrogen) atoms. The van der Waals surface area contributed by atoms with Crippen molar-refractivity contribution in [2.24, 2.45) is 5.73 Å². The average Bonchev–Trinajstić information content (AvgIpc) is 2.17.